The second kappa shape index (κ2) is 26.0. The number of hydrogen-bond acceptors (Lipinski definition) is 1. The molecule has 0 rings (SSSR count). The summed E-state index contributed by atoms with van der Waals surface area (Å²) in [7, 11) is 2.00. The third-order valence-corrected chi connectivity index (χ3v) is 0. The van der Waals surface area contributed by atoms with Crippen molar-refractivity contribution in [1.82, 2.24) is 0 Å². The van der Waals surface area contributed by atoms with E-state index in [0.29, 0.717) is 0 Å². The molecule has 0 aromatic carbocycles. The van der Waals surface area contributed by atoms with Gasteiger partial charge in [-0.05, 0) is 0 Å². The van der Waals surface area contributed by atoms with E-state index in [1.54, 1.807) is 0 Å². The molecule has 0 saturated heterocycles. The Morgan fingerprint density at radius 2 is 1.25 bits per heavy atom. The van der Waals surface area contributed by atoms with E-state index >= 15 is 0 Å². The number of hydrogen-bond donors (Lipinski definition) is 0. The fraction of sp³-hybridized carbons (Fsp3) is 0. The van der Waals surface area contributed by atoms with Gasteiger partial charge in [0.05, 0.1) is 0 Å². The zero-order valence-electron chi connectivity index (χ0n) is 1.62. The van der Waals surface area contributed by atoms with Gasteiger partial charge in [0.25, 0.3) is 0 Å². The van der Waals surface area contributed by atoms with Gasteiger partial charge in [-0.15, -0.1) is 0 Å². The van der Waals surface area contributed by atoms with Gasteiger partial charge in [-0.3, -0.25) is 0 Å². The van der Waals surface area contributed by atoms with Crippen LogP contribution in [0.2, 0.25) is 0 Å². The Kier molecular flexibility index (Phi) is 118. The Labute approximate surface area is 65.8 Å². The molecule has 0 atom stereocenters. The minimum absolute atomic E-state index is 0. The van der Waals surface area contributed by atoms with E-state index in [1.807, 2.05) is 7.72 Å². The first-order valence-corrected chi connectivity index (χ1v) is 0.289. The van der Waals surface area contributed by atoms with Crippen LogP contribution in [0.15, 0.2) is 0 Å². The predicted octanol–water partition coefficient (Wildman–Crippen LogP) is -2.51. The number of rotatable bonds is 0. The monoisotopic (exact) mass is 186 g/mol. The molecule has 0 unspecified atom stereocenters. The molecule has 22 valence electrons. The maximum absolute atomic E-state index is 8.00. The zero-order chi connectivity index (χ0) is 2.00. The van der Waals surface area contributed by atoms with Crippen LogP contribution in [0.1, 0.15) is 0 Å². The van der Waals surface area contributed by atoms with Gasteiger partial charge in [0, 0.05) is 0 Å². The van der Waals surface area contributed by atoms with E-state index in [-0.39, 0.29) is 54.4 Å². The molecule has 0 aromatic rings. The van der Waals surface area contributed by atoms with Gasteiger partial charge >= 0.3 is 61.3 Å². The molecule has 0 radical (unpaired) electrons. The van der Waals surface area contributed by atoms with Crippen molar-refractivity contribution in [2.75, 3.05) is 0 Å². The Balaban J connectivity index is -0.00000000500. The first-order chi connectivity index (χ1) is 1.00. The van der Waals surface area contributed by atoms with Gasteiger partial charge in [-0.2, -0.15) is 0 Å². The van der Waals surface area contributed by atoms with Crippen LogP contribution in [-0.4, -0.2) is 62.1 Å². The Morgan fingerprint density at radius 3 is 1.25 bits per heavy atom. The SMILES string of the molecule is B=O.O.[BaH2]. The normalized spacial score (nSPS) is 0.750. The van der Waals surface area contributed by atoms with Gasteiger partial charge in [-0.1, -0.05) is 0 Å². The van der Waals surface area contributed by atoms with Crippen LogP contribution in [-0.2, 0) is 4.70 Å². The molecular formula is H5BBaO2. The third kappa shape index (κ3) is 10.0. The van der Waals surface area contributed by atoms with E-state index in [9.17, 15) is 0 Å². The van der Waals surface area contributed by atoms with Gasteiger partial charge in [0.1, 0.15) is 0 Å². The van der Waals surface area contributed by atoms with E-state index in [2.05, 4.69) is 0 Å². The molecular weight excluding hydrogens is 180 g/mol. The summed E-state index contributed by atoms with van der Waals surface area (Å²) in [6.45, 7) is 0. The Bertz CT molecular complexity index is 6.00. The first-order valence-electron chi connectivity index (χ1n) is 0.289. The molecule has 2 N–H and O–H groups in total. The zero-order valence-corrected chi connectivity index (χ0v) is 1.62. The van der Waals surface area contributed by atoms with Crippen LogP contribution in [0.3, 0.4) is 0 Å². The Hall–Kier alpha value is 1.40. The van der Waals surface area contributed by atoms with Gasteiger partial charge in [0.15, 0.2) is 0 Å². The summed E-state index contributed by atoms with van der Waals surface area (Å²) in [5, 5.41) is 0. The van der Waals surface area contributed by atoms with Crippen LogP contribution < -0.4 is 0 Å². The van der Waals surface area contributed by atoms with E-state index < -0.39 is 0 Å². The molecule has 0 saturated carbocycles. The molecule has 0 aliphatic heterocycles. The van der Waals surface area contributed by atoms with Crippen molar-refractivity contribution in [2.45, 2.75) is 0 Å². The summed E-state index contributed by atoms with van der Waals surface area (Å²) in [6.07, 6.45) is 0. The summed E-state index contributed by atoms with van der Waals surface area (Å²) in [5.41, 5.74) is 0. The quantitative estimate of drug-likeness (QED) is 0.385. The molecule has 0 fully saturated rings. The van der Waals surface area contributed by atoms with Crippen LogP contribution in [0.25, 0.3) is 0 Å². The maximum atomic E-state index is 8.00. The van der Waals surface area contributed by atoms with Crippen LogP contribution in [0.4, 0.5) is 0 Å². The van der Waals surface area contributed by atoms with E-state index in [4.69, 9.17) is 4.70 Å². The minimum atomic E-state index is 0. The van der Waals surface area contributed by atoms with Gasteiger partial charge < -0.3 is 5.48 Å². The van der Waals surface area contributed by atoms with Crippen molar-refractivity contribution in [2.24, 2.45) is 0 Å². The van der Waals surface area contributed by atoms with Crippen molar-refractivity contribution in [3.05, 3.63) is 0 Å². The molecule has 4 heteroatoms. The fourth-order valence-electron chi connectivity index (χ4n) is 0. The summed E-state index contributed by atoms with van der Waals surface area (Å²) in [5.74, 6) is 0. The topological polar surface area (TPSA) is 48.6 Å². The predicted molar refractivity (Wildman–Crippen MR) is 20.0 cm³/mol. The fourth-order valence-corrected chi connectivity index (χ4v) is 0. The van der Waals surface area contributed by atoms with Gasteiger partial charge in [-0.25, -0.2) is 0 Å². The van der Waals surface area contributed by atoms with E-state index in [0.717, 1.165) is 0 Å². The van der Waals surface area contributed by atoms with Crippen molar-refractivity contribution >= 4 is 56.6 Å². The molecule has 0 aromatic heterocycles. The van der Waals surface area contributed by atoms with Crippen molar-refractivity contribution < 1.29 is 10.2 Å². The molecule has 0 amide bonds. The molecule has 0 heterocycles. The summed E-state index contributed by atoms with van der Waals surface area (Å²) >= 11 is 0. The molecule has 0 bridgehead atoms. The van der Waals surface area contributed by atoms with Crippen molar-refractivity contribution in [3.63, 3.8) is 0 Å². The van der Waals surface area contributed by atoms with Gasteiger partial charge in [0.2, 0.25) is 0 Å². The Morgan fingerprint density at radius 1 is 1.25 bits per heavy atom. The first kappa shape index (κ1) is 18.2. The summed E-state index contributed by atoms with van der Waals surface area (Å²) in [6, 6.07) is 0. The molecule has 0 aliphatic carbocycles. The molecule has 0 aliphatic rings. The summed E-state index contributed by atoms with van der Waals surface area (Å²) in [4.78, 5) is 0. The second-order valence-electron chi connectivity index (χ2n) is 0. The molecule has 0 spiro atoms. The van der Waals surface area contributed by atoms with Crippen LogP contribution in [0.5, 0.6) is 0 Å². The standard InChI is InChI=1S/BHO.Ba.H2O.2H/c1-2;;;;/h1H;;1H2;;. The average Bonchev–Trinajstić information content (AvgIpc) is 1.00. The third-order valence-electron chi connectivity index (χ3n) is 0. The van der Waals surface area contributed by atoms with Crippen LogP contribution >= 0.6 is 0 Å². The van der Waals surface area contributed by atoms with Crippen molar-refractivity contribution in [1.29, 1.82) is 0 Å². The van der Waals surface area contributed by atoms with E-state index in [1.165, 1.54) is 0 Å². The molecule has 2 nitrogen and oxygen atoms in total. The summed E-state index contributed by atoms with van der Waals surface area (Å²) < 4.78 is 8.00. The second-order valence-corrected chi connectivity index (χ2v) is 0. The van der Waals surface area contributed by atoms with Crippen LogP contribution in [0, 0.1) is 0 Å². The molecule has 4 heavy (non-hydrogen) atoms. The average molecular weight is 185 g/mol. The van der Waals surface area contributed by atoms with Crippen molar-refractivity contribution in [3.8, 4) is 0 Å².